The first-order valence-corrected chi connectivity index (χ1v) is 15.9. The number of hydrogen-bond donors (Lipinski definition) is 0. The number of ketones is 2. The Bertz CT molecular complexity index is 1420. The van der Waals surface area contributed by atoms with Crippen LogP contribution in [0.1, 0.15) is 119 Å². The minimum atomic E-state index is -0.652. The van der Waals surface area contributed by atoms with E-state index in [0.717, 1.165) is 69.3 Å². The molecule has 0 spiro atoms. The number of carbonyl (C=O) groups is 2. The number of nitriles is 1. The van der Waals surface area contributed by atoms with Crippen LogP contribution in [0, 0.1) is 56.2 Å². The van der Waals surface area contributed by atoms with Crippen molar-refractivity contribution in [2.45, 2.75) is 119 Å². The summed E-state index contributed by atoms with van der Waals surface area (Å²) in [7, 11) is 0. The molecular weight excluding hydrogens is 510 g/mol. The monoisotopic (exact) mass is 557 g/mol. The van der Waals surface area contributed by atoms with Gasteiger partial charge in [0, 0.05) is 23.2 Å². The maximum atomic E-state index is 14.7. The Kier molecular flexibility index (Phi) is 6.09. The van der Waals surface area contributed by atoms with Crippen LogP contribution in [-0.4, -0.2) is 21.8 Å². The van der Waals surface area contributed by atoms with Gasteiger partial charge in [0.1, 0.15) is 6.07 Å². The zero-order chi connectivity index (χ0) is 29.8. The van der Waals surface area contributed by atoms with E-state index in [1.54, 1.807) is 0 Å². The van der Waals surface area contributed by atoms with Crippen molar-refractivity contribution < 1.29 is 14.0 Å². The number of aryl methyl sites for hydroxylation is 1. The summed E-state index contributed by atoms with van der Waals surface area (Å²) in [5.74, 6) is 1.65. The first-order chi connectivity index (χ1) is 19.1. The van der Waals surface area contributed by atoms with Crippen molar-refractivity contribution in [1.29, 1.82) is 5.26 Å². The second kappa shape index (κ2) is 8.74. The van der Waals surface area contributed by atoms with Crippen LogP contribution >= 0.6 is 0 Å². The van der Waals surface area contributed by atoms with Gasteiger partial charge >= 0.3 is 0 Å². The van der Waals surface area contributed by atoms with Crippen molar-refractivity contribution in [1.82, 2.24) is 10.2 Å². The van der Waals surface area contributed by atoms with E-state index in [4.69, 9.17) is 4.42 Å². The van der Waals surface area contributed by atoms with Gasteiger partial charge in [-0.3, -0.25) is 9.59 Å². The van der Waals surface area contributed by atoms with E-state index < -0.39 is 10.8 Å². The van der Waals surface area contributed by atoms with Crippen LogP contribution in [0.4, 0.5) is 0 Å². The minimum Gasteiger partial charge on any atom is -0.425 e. The van der Waals surface area contributed by atoms with E-state index >= 15 is 0 Å². The molecule has 6 rings (SSSR count). The third kappa shape index (κ3) is 3.59. The van der Waals surface area contributed by atoms with Crippen LogP contribution < -0.4 is 0 Å². The Morgan fingerprint density at radius 2 is 1.71 bits per heavy atom. The largest absolute Gasteiger partial charge is 0.425 e. The minimum absolute atomic E-state index is 0.0542. The van der Waals surface area contributed by atoms with Crippen molar-refractivity contribution in [2.24, 2.45) is 44.8 Å². The summed E-state index contributed by atoms with van der Waals surface area (Å²) in [4.78, 5) is 28.0. The summed E-state index contributed by atoms with van der Waals surface area (Å²) in [5, 5.41) is 19.0. The van der Waals surface area contributed by atoms with Gasteiger partial charge in [-0.05, 0) is 85.5 Å². The van der Waals surface area contributed by atoms with Gasteiger partial charge in [0.05, 0.1) is 11.0 Å². The third-order valence-corrected chi connectivity index (χ3v) is 13.2. The second-order valence-electron chi connectivity index (χ2n) is 16.2. The van der Waals surface area contributed by atoms with Crippen molar-refractivity contribution in [3.8, 4) is 6.07 Å². The fourth-order valence-electron chi connectivity index (χ4n) is 10.8. The van der Waals surface area contributed by atoms with E-state index in [1.165, 1.54) is 0 Å². The number of hydrogen-bond acceptors (Lipinski definition) is 6. The van der Waals surface area contributed by atoms with E-state index in [9.17, 15) is 14.9 Å². The molecule has 5 aliphatic carbocycles. The second-order valence-corrected chi connectivity index (χ2v) is 16.2. The van der Waals surface area contributed by atoms with Gasteiger partial charge in [-0.2, -0.15) is 5.26 Å². The molecule has 1 aromatic rings. The molecule has 7 atom stereocenters. The SMILES string of the molecule is CCCc1nnc([C@]23CCC(C)(C)C[C@@H]2C2C(=O)C=C4[C@@]5(C)C=C(C#N)C(=O)C(C)(C)[C@@H]5CC[C@@]4(C)C2(C)CC3)o1. The predicted octanol–water partition coefficient (Wildman–Crippen LogP) is 7.49. The van der Waals surface area contributed by atoms with Crippen LogP contribution in [-0.2, 0) is 21.4 Å². The maximum Gasteiger partial charge on any atom is 0.222 e. The van der Waals surface area contributed by atoms with Gasteiger partial charge in [-0.1, -0.05) is 67.0 Å². The lowest BCUT2D eigenvalue weighted by atomic mass is 9.34. The molecule has 2 unspecified atom stereocenters. The molecule has 0 N–H and O–H groups in total. The molecule has 3 fully saturated rings. The highest BCUT2D eigenvalue weighted by Crippen LogP contribution is 2.74. The van der Waals surface area contributed by atoms with Gasteiger partial charge in [-0.15, -0.1) is 10.2 Å². The zero-order valence-corrected chi connectivity index (χ0v) is 26.3. The smallest absolute Gasteiger partial charge is 0.222 e. The van der Waals surface area contributed by atoms with E-state index in [0.29, 0.717) is 5.89 Å². The Balaban J connectivity index is 1.51. The van der Waals surface area contributed by atoms with Crippen LogP contribution in [0.25, 0.3) is 0 Å². The van der Waals surface area contributed by atoms with Gasteiger partial charge < -0.3 is 4.42 Å². The molecule has 41 heavy (non-hydrogen) atoms. The van der Waals surface area contributed by atoms with E-state index in [2.05, 4.69) is 57.8 Å². The molecule has 0 bridgehead atoms. The van der Waals surface area contributed by atoms with Gasteiger partial charge in [0.2, 0.25) is 11.8 Å². The summed E-state index contributed by atoms with van der Waals surface area (Å²) in [6, 6.07) is 2.21. The third-order valence-electron chi connectivity index (χ3n) is 13.2. The van der Waals surface area contributed by atoms with Gasteiger partial charge in [0.25, 0.3) is 0 Å². The molecule has 220 valence electrons. The summed E-state index contributed by atoms with van der Waals surface area (Å²) < 4.78 is 6.40. The van der Waals surface area contributed by atoms with Crippen molar-refractivity contribution >= 4 is 11.6 Å². The molecule has 6 heteroatoms. The molecule has 3 saturated carbocycles. The van der Waals surface area contributed by atoms with Crippen molar-refractivity contribution in [3.05, 3.63) is 35.1 Å². The normalized spacial score (nSPS) is 42.6. The number of Topliss-reactive ketones (excluding diaryl/α,β-unsaturated/α-hetero) is 1. The molecule has 1 heterocycles. The quantitative estimate of drug-likeness (QED) is 0.382. The number of nitrogens with zero attached hydrogens (tertiary/aromatic N) is 3. The highest BCUT2D eigenvalue weighted by molar-refractivity contribution is 6.04. The lowest BCUT2D eigenvalue weighted by molar-refractivity contribution is -0.161. The average Bonchev–Trinajstić information content (AvgIpc) is 3.37. The number of carbonyl (C=O) groups excluding carboxylic acids is 2. The first-order valence-electron chi connectivity index (χ1n) is 15.9. The Morgan fingerprint density at radius 3 is 2.39 bits per heavy atom. The first kappa shape index (κ1) is 28.6. The molecule has 0 radical (unpaired) electrons. The lowest BCUT2D eigenvalue weighted by Crippen LogP contribution is -2.65. The number of aromatic nitrogens is 2. The number of rotatable bonds is 3. The Hall–Kier alpha value is -2.55. The van der Waals surface area contributed by atoms with Crippen LogP contribution in [0.2, 0.25) is 0 Å². The molecule has 0 amide bonds. The van der Waals surface area contributed by atoms with Crippen molar-refractivity contribution in [3.63, 3.8) is 0 Å². The van der Waals surface area contributed by atoms with Crippen LogP contribution in [0.5, 0.6) is 0 Å². The molecule has 0 saturated heterocycles. The fourth-order valence-corrected chi connectivity index (χ4v) is 10.8. The van der Waals surface area contributed by atoms with Crippen LogP contribution in [0.15, 0.2) is 27.7 Å². The standard InChI is InChI=1S/C35H47N3O3/c1-9-10-26-37-38-29(41-26)35-15-13-30(2,3)19-22(35)27-23(39)17-25-32(6)18-21(20-36)28(40)31(4,5)24(32)11-12-33(25,7)34(27,8)14-16-35/h17-18,22,24,27H,9-16,19H2,1-8H3/t22-,24+,27?,32+,33-,34?,35+/m1/s1. The lowest BCUT2D eigenvalue weighted by Gasteiger charge is -2.68. The summed E-state index contributed by atoms with van der Waals surface area (Å²) >= 11 is 0. The Labute approximate surface area is 245 Å². The van der Waals surface area contributed by atoms with Gasteiger partial charge in [-0.25, -0.2) is 0 Å². The highest BCUT2D eigenvalue weighted by Gasteiger charge is 2.70. The zero-order valence-electron chi connectivity index (χ0n) is 26.3. The average molecular weight is 558 g/mol. The summed E-state index contributed by atoms with van der Waals surface area (Å²) in [6.07, 6.45) is 12.3. The summed E-state index contributed by atoms with van der Waals surface area (Å²) in [6.45, 7) is 17.8. The van der Waals surface area contributed by atoms with E-state index in [-0.39, 0.29) is 56.6 Å². The summed E-state index contributed by atoms with van der Waals surface area (Å²) in [5.41, 5.74) is -0.390. The molecule has 5 aliphatic rings. The molecular formula is C35H47N3O3. The number of fused-ring (bicyclic) bond motifs is 7. The van der Waals surface area contributed by atoms with Gasteiger partial charge in [0.15, 0.2) is 11.6 Å². The molecule has 6 nitrogen and oxygen atoms in total. The Morgan fingerprint density at radius 1 is 1.00 bits per heavy atom. The fraction of sp³-hybridized carbons (Fsp3) is 0.743. The number of allylic oxidation sites excluding steroid dienone is 4. The maximum absolute atomic E-state index is 14.7. The topological polar surface area (TPSA) is 96.9 Å². The van der Waals surface area contributed by atoms with Crippen LogP contribution in [0.3, 0.4) is 0 Å². The predicted molar refractivity (Wildman–Crippen MR) is 156 cm³/mol. The van der Waals surface area contributed by atoms with E-state index in [1.807, 2.05) is 26.0 Å². The highest BCUT2D eigenvalue weighted by atomic mass is 16.4. The van der Waals surface area contributed by atoms with Crippen molar-refractivity contribution in [2.75, 3.05) is 0 Å². The molecule has 1 aromatic heterocycles. The molecule has 0 aliphatic heterocycles. The molecule has 0 aromatic carbocycles.